The number of carbonyl (C=O) groups is 1. The molecule has 1 fully saturated rings. The minimum Gasteiger partial charge on any atom is -0.352 e. The van der Waals surface area contributed by atoms with E-state index in [1.807, 2.05) is 42.5 Å². The number of hydrogen-bond acceptors (Lipinski definition) is 4. The van der Waals surface area contributed by atoms with Gasteiger partial charge in [-0.25, -0.2) is 9.67 Å². The fourth-order valence-electron chi connectivity index (χ4n) is 3.88. The summed E-state index contributed by atoms with van der Waals surface area (Å²) < 4.78 is 42.4. The largest absolute Gasteiger partial charge is 0.393 e. The molecule has 1 N–H and O–H groups in total. The van der Waals surface area contributed by atoms with E-state index >= 15 is 0 Å². The van der Waals surface area contributed by atoms with E-state index in [2.05, 4.69) is 15.4 Å². The monoisotopic (exact) mass is 429 g/mol. The van der Waals surface area contributed by atoms with Crippen LogP contribution in [0.2, 0.25) is 0 Å². The van der Waals surface area contributed by atoms with Gasteiger partial charge < -0.3 is 5.32 Å². The maximum atomic E-state index is 13.6. The normalized spacial score (nSPS) is 19.5. The molecule has 0 aliphatic carbocycles. The Morgan fingerprint density at radius 3 is 2.42 bits per heavy atom. The number of aromatic nitrogens is 3. The minimum absolute atomic E-state index is 0.0795. The molecule has 1 amide bonds. The SMILES string of the molecule is O=C(NCc1ccc(-n2cncn2)cc1)[C@@H]1CN(Cc2ccccc2)C[C@@H]1C(F)(F)F. The highest BCUT2D eigenvalue weighted by Crippen LogP contribution is 2.38. The Hall–Kier alpha value is -3.20. The quantitative estimate of drug-likeness (QED) is 0.654. The Morgan fingerprint density at radius 2 is 1.77 bits per heavy atom. The van der Waals surface area contributed by atoms with E-state index in [-0.39, 0.29) is 19.6 Å². The summed E-state index contributed by atoms with van der Waals surface area (Å²) >= 11 is 0. The first kappa shape index (κ1) is 21.0. The van der Waals surface area contributed by atoms with Crippen LogP contribution >= 0.6 is 0 Å². The average molecular weight is 429 g/mol. The van der Waals surface area contributed by atoms with Crippen molar-refractivity contribution in [2.24, 2.45) is 11.8 Å². The molecule has 3 aromatic rings. The lowest BCUT2D eigenvalue weighted by atomic mass is 9.94. The molecule has 0 saturated carbocycles. The first-order valence-electron chi connectivity index (χ1n) is 9.95. The van der Waals surface area contributed by atoms with Crippen molar-refractivity contribution in [3.05, 3.63) is 78.4 Å². The van der Waals surface area contributed by atoms with Crippen LogP contribution in [0.3, 0.4) is 0 Å². The highest BCUT2D eigenvalue weighted by Gasteiger charge is 2.52. The van der Waals surface area contributed by atoms with Crippen LogP contribution in [0.1, 0.15) is 11.1 Å². The minimum atomic E-state index is -4.42. The molecule has 1 aliphatic heterocycles. The molecule has 1 aliphatic rings. The summed E-state index contributed by atoms with van der Waals surface area (Å²) in [5.74, 6) is -3.37. The molecule has 0 unspecified atom stereocenters. The lowest BCUT2D eigenvalue weighted by molar-refractivity contribution is -0.183. The van der Waals surface area contributed by atoms with E-state index in [1.54, 1.807) is 28.0 Å². The highest BCUT2D eigenvalue weighted by atomic mass is 19.4. The molecular formula is C22H22F3N5O. The molecular weight excluding hydrogens is 407 g/mol. The molecule has 162 valence electrons. The number of nitrogens with one attached hydrogen (secondary N) is 1. The van der Waals surface area contributed by atoms with Gasteiger partial charge in [0.05, 0.1) is 17.5 Å². The van der Waals surface area contributed by atoms with Crippen molar-refractivity contribution in [3.8, 4) is 5.69 Å². The lowest BCUT2D eigenvalue weighted by Gasteiger charge is -2.20. The van der Waals surface area contributed by atoms with Gasteiger partial charge in [-0.2, -0.15) is 18.3 Å². The van der Waals surface area contributed by atoms with Gasteiger partial charge in [0, 0.05) is 26.2 Å². The van der Waals surface area contributed by atoms with Crippen molar-refractivity contribution in [1.82, 2.24) is 25.0 Å². The maximum Gasteiger partial charge on any atom is 0.393 e. The summed E-state index contributed by atoms with van der Waals surface area (Å²) in [7, 11) is 0. The number of hydrogen-bond donors (Lipinski definition) is 1. The zero-order valence-corrected chi connectivity index (χ0v) is 16.7. The summed E-state index contributed by atoms with van der Waals surface area (Å²) in [6.07, 6.45) is -1.43. The van der Waals surface area contributed by atoms with Crippen molar-refractivity contribution >= 4 is 5.91 Å². The van der Waals surface area contributed by atoms with Crippen molar-refractivity contribution in [2.45, 2.75) is 19.3 Å². The van der Waals surface area contributed by atoms with Gasteiger partial charge in [-0.3, -0.25) is 9.69 Å². The number of likely N-dealkylation sites (tertiary alicyclic amines) is 1. The standard InChI is InChI=1S/C22H22F3N5O/c23-22(24,25)20-13-29(11-17-4-2-1-3-5-17)12-19(20)21(31)27-10-16-6-8-18(9-7-16)30-15-26-14-28-30/h1-9,14-15,19-20H,10-13H2,(H,27,31)/t19-,20+/m1/s1. The number of halogens is 3. The van der Waals surface area contributed by atoms with Crippen LogP contribution in [0.5, 0.6) is 0 Å². The van der Waals surface area contributed by atoms with Gasteiger partial charge in [0.15, 0.2) is 0 Å². The molecule has 9 heteroatoms. The zero-order chi connectivity index (χ0) is 21.8. The fraction of sp³-hybridized carbons (Fsp3) is 0.318. The van der Waals surface area contributed by atoms with Crippen molar-refractivity contribution in [1.29, 1.82) is 0 Å². The summed E-state index contributed by atoms with van der Waals surface area (Å²) in [6.45, 7) is 0.455. The third-order valence-electron chi connectivity index (χ3n) is 5.49. The number of alkyl halides is 3. The Labute approximate surface area is 177 Å². The first-order valence-corrected chi connectivity index (χ1v) is 9.95. The smallest absolute Gasteiger partial charge is 0.352 e. The molecule has 2 atom stereocenters. The molecule has 0 bridgehead atoms. The predicted octanol–water partition coefficient (Wildman–Crippen LogP) is 3.19. The molecule has 2 heterocycles. The number of carbonyl (C=O) groups excluding carboxylic acids is 1. The lowest BCUT2D eigenvalue weighted by Crippen LogP contribution is -2.39. The molecule has 1 aromatic heterocycles. The number of rotatable bonds is 6. The Kier molecular flexibility index (Phi) is 6.03. The number of amides is 1. The van der Waals surface area contributed by atoms with Crippen molar-refractivity contribution < 1.29 is 18.0 Å². The topological polar surface area (TPSA) is 63.1 Å². The van der Waals surface area contributed by atoms with E-state index < -0.39 is 23.9 Å². The third kappa shape index (κ3) is 5.11. The predicted molar refractivity (Wildman–Crippen MR) is 108 cm³/mol. The van der Waals surface area contributed by atoms with Crippen LogP contribution in [0, 0.1) is 11.8 Å². The summed E-state index contributed by atoms with van der Waals surface area (Å²) in [5.41, 5.74) is 2.52. The van der Waals surface area contributed by atoms with Gasteiger partial charge in [0.2, 0.25) is 5.91 Å². The summed E-state index contributed by atoms with van der Waals surface area (Å²) in [5, 5.41) is 6.72. The van der Waals surface area contributed by atoms with Gasteiger partial charge in [0.25, 0.3) is 0 Å². The van der Waals surface area contributed by atoms with Gasteiger partial charge in [-0.05, 0) is 23.3 Å². The van der Waals surface area contributed by atoms with E-state index in [4.69, 9.17) is 0 Å². The van der Waals surface area contributed by atoms with E-state index in [0.29, 0.717) is 6.54 Å². The van der Waals surface area contributed by atoms with Crippen LogP contribution in [-0.4, -0.2) is 44.8 Å². The Morgan fingerprint density at radius 1 is 1.03 bits per heavy atom. The molecule has 0 spiro atoms. The van der Waals surface area contributed by atoms with Crippen LogP contribution in [-0.2, 0) is 17.9 Å². The summed E-state index contributed by atoms with van der Waals surface area (Å²) in [6, 6.07) is 16.5. The third-order valence-corrected chi connectivity index (χ3v) is 5.49. The molecule has 2 aromatic carbocycles. The number of nitrogens with zero attached hydrogens (tertiary/aromatic N) is 4. The van der Waals surface area contributed by atoms with Crippen molar-refractivity contribution in [2.75, 3.05) is 13.1 Å². The van der Waals surface area contributed by atoms with Gasteiger partial charge in [-0.1, -0.05) is 42.5 Å². The Bertz CT molecular complexity index is 990. The molecule has 6 nitrogen and oxygen atoms in total. The van der Waals surface area contributed by atoms with Gasteiger partial charge >= 0.3 is 6.18 Å². The van der Waals surface area contributed by atoms with Crippen molar-refractivity contribution in [3.63, 3.8) is 0 Å². The van der Waals surface area contributed by atoms with Crippen LogP contribution < -0.4 is 5.32 Å². The Balaban J connectivity index is 1.38. The van der Waals surface area contributed by atoms with E-state index in [0.717, 1.165) is 16.8 Å². The van der Waals surface area contributed by atoms with Gasteiger partial charge in [0.1, 0.15) is 12.7 Å². The first-order chi connectivity index (χ1) is 14.9. The highest BCUT2D eigenvalue weighted by molar-refractivity contribution is 5.79. The van der Waals surface area contributed by atoms with Crippen LogP contribution in [0.25, 0.3) is 5.69 Å². The molecule has 31 heavy (non-hydrogen) atoms. The second kappa shape index (κ2) is 8.89. The second-order valence-electron chi connectivity index (χ2n) is 7.66. The van der Waals surface area contributed by atoms with E-state index in [1.165, 1.54) is 6.33 Å². The zero-order valence-electron chi connectivity index (χ0n) is 16.7. The molecule has 4 rings (SSSR count). The average Bonchev–Trinajstić information content (AvgIpc) is 3.43. The van der Waals surface area contributed by atoms with E-state index in [9.17, 15) is 18.0 Å². The second-order valence-corrected chi connectivity index (χ2v) is 7.66. The molecule has 1 saturated heterocycles. The van der Waals surface area contributed by atoms with Gasteiger partial charge in [-0.15, -0.1) is 0 Å². The van der Waals surface area contributed by atoms with Crippen LogP contribution in [0.4, 0.5) is 13.2 Å². The maximum absolute atomic E-state index is 13.6. The number of benzene rings is 2. The van der Waals surface area contributed by atoms with Crippen LogP contribution in [0.15, 0.2) is 67.3 Å². The fourth-order valence-corrected chi connectivity index (χ4v) is 3.88. The molecule has 0 radical (unpaired) electrons. The summed E-state index contributed by atoms with van der Waals surface area (Å²) in [4.78, 5) is 18.2.